The molecular weight excluding hydrogens is 208 g/mol. The molecule has 1 aromatic heterocycles. The lowest BCUT2D eigenvalue weighted by atomic mass is 9.81. The van der Waals surface area contributed by atoms with E-state index in [-0.39, 0.29) is 5.78 Å². The molecule has 1 fully saturated rings. The molecule has 0 atom stereocenters. The summed E-state index contributed by atoms with van der Waals surface area (Å²) in [6, 6.07) is 0. The van der Waals surface area contributed by atoms with Gasteiger partial charge in [0.25, 0.3) is 0 Å². The lowest BCUT2D eigenvalue weighted by Gasteiger charge is -2.24. The number of aromatic nitrogens is 2. The Labute approximate surface area is 94.1 Å². The van der Waals surface area contributed by atoms with Crippen molar-refractivity contribution >= 4 is 17.3 Å². The molecule has 1 aromatic rings. The smallest absolute Gasteiger partial charge is 0.176 e. The predicted molar refractivity (Wildman–Crippen MR) is 60.2 cm³/mol. The summed E-state index contributed by atoms with van der Waals surface area (Å²) in [6.45, 7) is 2.10. The van der Waals surface area contributed by atoms with Crippen LogP contribution in [0.15, 0.2) is 0 Å². The number of Topliss-reactive ketones (excluding diaryl/α,β-unsaturated/α-hetero) is 1. The first-order chi connectivity index (χ1) is 7.31. The van der Waals surface area contributed by atoms with E-state index in [0.29, 0.717) is 12.3 Å². The average Bonchev–Trinajstić information content (AvgIpc) is 2.60. The van der Waals surface area contributed by atoms with Crippen LogP contribution in [0.5, 0.6) is 0 Å². The average molecular weight is 224 g/mol. The van der Waals surface area contributed by atoms with E-state index in [1.54, 1.807) is 0 Å². The molecule has 0 unspecified atom stereocenters. The number of rotatable bonds is 5. The summed E-state index contributed by atoms with van der Waals surface area (Å²) in [5.41, 5.74) is 0.909. The summed E-state index contributed by atoms with van der Waals surface area (Å²) in [5.74, 6) is 0.896. The first-order valence-electron chi connectivity index (χ1n) is 5.65. The Balaban J connectivity index is 2.00. The topological polar surface area (TPSA) is 42.9 Å². The van der Waals surface area contributed by atoms with E-state index in [1.165, 1.54) is 30.8 Å². The molecule has 82 valence electrons. The monoisotopic (exact) mass is 224 g/mol. The van der Waals surface area contributed by atoms with Crippen LogP contribution in [0, 0.1) is 5.92 Å². The SMILES string of the molecule is CCCc1nnsc1C(=O)CC1CCC1. The van der Waals surface area contributed by atoms with Gasteiger partial charge >= 0.3 is 0 Å². The normalized spacial score (nSPS) is 16.3. The number of aryl methyl sites for hydroxylation is 1. The molecule has 15 heavy (non-hydrogen) atoms. The van der Waals surface area contributed by atoms with E-state index in [1.807, 2.05) is 0 Å². The van der Waals surface area contributed by atoms with E-state index >= 15 is 0 Å². The van der Waals surface area contributed by atoms with Crippen molar-refractivity contribution in [1.82, 2.24) is 9.59 Å². The minimum atomic E-state index is 0.262. The van der Waals surface area contributed by atoms with Gasteiger partial charge in [-0.15, -0.1) is 5.10 Å². The second-order valence-electron chi connectivity index (χ2n) is 4.22. The summed E-state index contributed by atoms with van der Waals surface area (Å²) in [5, 5.41) is 4.03. The molecule has 2 rings (SSSR count). The van der Waals surface area contributed by atoms with Gasteiger partial charge in [-0.2, -0.15) is 0 Å². The van der Waals surface area contributed by atoms with Crippen LogP contribution >= 0.6 is 11.5 Å². The highest BCUT2D eigenvalue weighted by Gasteiger charge is 2.24. The van der Waals surface area contributed by atoms with E-state index in [0.717, 1.165) is 23.4 Å². The van der Waals surface area contributed by atoms with Gasteiger partial charge in [0.1, 0.15) is 4.88 Å². The number of carbonyl (C=O) groups excluding carboxylic acids is 1. The fourth-order valence-corrected chi connectivity index (χ4v) is 2.53. The van der Waals surface area contributed by atoms with Crippen LogP contribution in [0.25, 0.3) is 0 Å². The zero-order valence-electron chi connectivity index (χ0n) is 9.03. The predicted octanol–water partition coefficient (Wildman–Crippen LogP) is 2.86. The highest BCUT2D eigenvalue weighted by Crippen LogP contribution is 2.31. The number of carbonyl (C=O) groups is 1. The van der Waals surface area contributed by atoms with Crippen LogP contribution in [0.4, 0.5) is 0 Å². The Morgan fingerprint density at radius 2 is 2.33 bits per heavy atom. The molecule has 1 aliphatic carbocycles. The van der Waals surface area contributed by atoms with Gasteiger partial charge in [0, 0.05) is 6.42 Å². The fraction of sp³-hybridized carbons (Fsp3) is 0.727. The third-order valence-electron chi connectivity index (χ3n) is 2.99. The van der Waals surface area contributed by atoms with Crippen molar-refractivity contribution in [2.75, 3.05) is 0 Å². The minimum Gasteiger partial charge on any atom is -0.293 e. The first-order valence-corrected chi connectivity index (χ1v) is 6.43. The Hall–Kier alpha value is -0.770. The maximum Gasteiger partial charge on any atom is 0.176 e. The molecule has 0 radical (unpaired) electrons. The van der Waals surface area contributed by atoms with Gasteiger partial charge in [-0.1, -0.05) is 37.1 Å². The van der Waals surface area contributed by atoms with Crippen molar-refractivity contribution < 1.29 is 4.79 Å². The van der Waals surface area contributed by atoms with Gasteiger partial charge in [-0.05, 0) is 23.9 Å². The highest BCUT2D eigenvalue weighted by molar-refractivity contribution is 7.08. The van der Waals surface area contributed by atoms with Crippen LogP contribution in [-0.2, 0) is 6.42 Å². The largest absolute Gasteiger partial charge is 0.293 e. The molecule has 0 bridgehead atoms. The minimum absolute atomic E-state index is 0.262. The Kier molecular flexibility index (Phi) is 3.46. The van der Waals surface area contributed by atoms with Crippen molar-refractivity contribution in [2.24, 2.45) is 5.92 Å². The van der Waals surface area contributed by atoms with Crippen molar-refractivity contribution in [3.05, 3.63) is 10.6 Å². The van der Waals surface area contributed by atoms with Gasteiger partial charge < -0.3 is 0 Å². The zero-order valence-corrected chi connectivity index (χ0v) is 9.85. The van der Waals surface area contributed by atoms with Gasteiger partial charge in [-0.3, -0.25) is 4.79 Å². The molecule has 1 aliphatic rings. The number of ketones is 1. The molecule has 0 N–H and O–H groups in total. The van der Waals surface area contributed by atoms with E-state index in [4.69, 9.17) is 0 Å². The second-order valence-corrected chi connectivity index (χ2v) is 4.98. The summed E-state index contributed by atoms with van der Waals surface area (Å²) < 4.78 is 3.88. The van der Waals surface area contributed by atoms with Crippen molar-refractivity contribution in [3.63, 3.8) is 0 Å². The zero-order chi connectivity index (χ0) is 10.7. The fourth-order valence-electron chi connectivity index (χ4n) is 1.87. The third-order valence-corrected chi connectivity index (χ3v) is 3.80. The van der Waals surface area contributed by atoms with Gasteiger partial charge in [0.2, 0.25) is 0 Å². The van der Waals surface area contributed by atoms with Crippen LogP contribution in [-0.4, -0.2) is 15.4 Å². The molecule has 1 heterocycles. The summed E-state index contributed by atoms with van der Waals surface area (Å²) >= 11 is 1.26. The van der Waals surface area contributed by atoms with Gasteiger partial charge in [0.05, 0.1) is 5.69 Å². The number of hydrogen-bond donors (Lipinski definition) is 0. The first kappa shape index (κ1) is 10.7. The van der Waals surface area contributed by atoms with Gasteiger partial charge in [-0.25, -0.2) is 0 Å². The Morgan fingerprint density at radius 3 is 2.93 bits per heavy atom. The molecule has 0 aromatic carbocycles. The van der Waals surface area contributed by atoms with Gasteiger partial charge in [0.15, 0.2) is 5.78 Å². The van der Waals surface area contributed by atoms with E-state index in [9.17, 15) is 4.79 Å². The van der Waals surface area contributed by atoms with E-state index < -0.39 is 0 Å². The molecule has 0 spiro atoms. The summed E-state index contributed by atoms with van der Waals surface area (Å²) in [7, 11) is 0. The lowest BCUT2D eigenvalue weighted by molar-refractivity contribution is 0.0939. The van der Waals surface area contributed by atoms with Crippen LogP contribution in [0.3, 0.4) is 0 Å². The maximum atomic E-state index is 11.9. The molecule has 3 nitrogen and oxygen atoms in total. The van der Waals surface area contributed by atoms with Crippen molar-refractivity contribution in [2.45, 2.75) is 45.4 Å². The van der Waals surface area contributed by atoms with E-state index in [2.05, 4.69) is 16.5 Å². The number of nitrogens with zero attached hydrogens (tertiary/aromatic N) is 2. The quantitative estimate of drug-likeness (QED) is 0.722. The molecular formula is C11H16N2OS. The van der Waals surface area contributed by atoms with Crippen LogP contribution in [0.2, 0.25) is 0 Å². The summed E-state index contributed by atoms with van der Waals surface area (Å²) in [4.78, 5) is 12.7. The van der Waals surface area contributed by atoms with Crippen LogP contribution in [0.1, 0.15) is 54.4 Å². The Bertz CT molecular complexity index is 344. The summed E-state index contributed by atoms with van der Waals surface area (Å²) in [6.07, 6.45) is 6.35. The Morgan fingerprint density at radius 1 is 1.53 bits per heavy atom. The number of hydrogen-bond acceptors (Lipinski definition) is 4. The molecule has 0 saturated heterocycles. The van der Waals surface area contributed by atoms with Crippen molar-refractivity contribution in [3.8, 4) is 0 Å². The van der Waals surface area contributed by atoms with Crippen molar-refractivity contribution in [1.29, 1.82) is 0 Å². The molecule has 0 aliphatic heterocycles. The molecule has 1 saturated carbocycles. The molecule has 0 amide bonds. The standard InChI is InChI=1S/C11H16N2OS/c1-2-4-9-11(15-13-12-9)10(14)7-8-5-3-6-8/h8H,2-7H2,1H3. The third kappa shape index (κ3) is 2.43. The van der Waals surface area contributed by atoms with Crippen LogP contribution < -0.4 is 0 Å². The lowest BCUT2D eigenvalue weighted by Crippen LogP contribution is -2.16. The highest BCUT2D eigenvalue weighted by atomic mass is 32.1. The maximum absolute atomic E-state index is 11.9. The molecule has 4 heteroatoms. The second kappa shape index (κ2) is 4.84.